The van der Waals surface area contributed by atoms with E-state index in [2.05, 4.69) is 85.5 Å². The molecule has 2 aliphatic rings. The zero-order chi connectivity index (χ0) is 27.1. The average molecular weight is 519 g/mol. The lowest BCUT2D eigenvalue weighted by Crippen LogP contribution is -2.48. The van der Waals surface area contributed by atoms with E-state index in [1.165, 1.54) is 13.0 Å². The summed E-state index contributed by atoms with van der Waals surface area (Å²) in [5.41, 5.74) is 0.786. The number of nitrogens with one attached hydrogen (secondary N) is 1. The lowest BCUT2D eigenvalue weighted by molar-refractivity contribution is -0.0694. The van der Waals surface area contributed by atoms with Gasteiger partial charge in [-0.25, -0.2) is 4.98 Å². The number of ether oxygens (including phenoxy) is 2. The van der Waals surface area contributed by atoms with Crippen LogP contribution < -0.4 is 10.2 Å². The van der Waals surface area contributed by atoms with Gasteiger partial charge in [-0.05, 0) is 60.5 Å². The normalized spacial score (nSPS) is 20.6. The summed E-state index contributed by atoms with van der Waals surface area (Å²) >= 11 is 0. The molecule has 0 saturated carbocycles. The molecule has 3 rings (SSSR count). The van der Waals surface area contributed by atoms with Gasteiger partial charge in [-0.15, -0.1) is 0 Å². The molecular formula is C29H54N6O2. The van der Waals surface area contributed by atoms with E-state index in [1.54, 1.807) is 0 Å². The second-order valence-corrected chi connectivity index (χ2v) is 13.1. The first kappa shape index (κ1) is 30.2. The van der Waals surface area contributed by atoms with Crippen molar-refractivity contribution in [2.45, 2.75) is 90.4 Å². The number of anilines is 1. The van der Waals surface area contributed by atoms with E-state index < -0.39 is 0 Å². The van der Waals surface area contributed by atoms with Gasteiger partial charge < -0.3 is 19.7 Å². The van der Waals surface area contributed by atoms with Gasteiger partial charge in [0.2, 0.25) is 0 Å². The van der Waals surface area contributed by atoms with Crippen LogP contribution in [0.1, 0.15) is 73.4 Å². The Hall–Kier alpha value is -1.32. The van der Waals surface area contributed by atoms with E-state index in [1.807, 2.05) is 12.4 Å². The number of aromatic nitrogens is 2. The number of piperazine rings is 1. The Labute approximate surface area is 226 Å². The van der Waals surface area contributed by atoms with Crippen molar-refractivity contribution < 1.29 is 9.47 Å². The molecular weight excluding hydrogens is 464 g/mol. The Morgan fingerprint density at radius 3 is 1.89 bits per heavy atom. The molecule has 3 heterocycles. The SMILES string of the molecule is CN[C@H]1CCN(CCOC(C)(C)CCC(C)(C)OCCN2CCN(c3cnc(C(C)(C)C)cn3)CC2)C1. The Bertz CT molecular complexity index is 800. The molecule has 8 nitrogen and oxygen atoms in total. The van der Waals surface area contributed by atoms with Gasteiger partial charge in [-0.1, -0.05) is 20.8 Å². The minimum Gasteiger partial charge on any atom is -0.374 e. The van der Waals surface area contributed by atoms with Gasteiger partial charge in [0.25, 0.3) is 0 Å². The van der Waals surface area contributed by atoms with Crippen molar-refractivity contribution in [3.05, 3.63) is 18.1 Å². The van der Waals surface area contributed by atoms with Crippen LogP contribution in [0.4, 0.5) is 5.82 Å². The number of hydrogen-bond donors (Lipinski definition) is 1. The highest BCUT2D eigenvalue weighted by molar-refractivity contribution is 5.37. The van der Waals surface area contributed by atoms with Crippen molar-refractivity contribution in [1.82, 2.24) is 25.1 Å². The second kappa shape index (κ2) is 13.2. The van der Waals surface area contributed by atoms with Crippen LogP contribution in [0, 0.1) is 0 Å². The molecule has 2 aliphatic heterocycles. The summed E-state index contributed by atoms with van der Waals surface area (Å²) in [4.78, 5) is 16.7. The van der Waals surface area contributed by atoms with Crippen molar-refractivity contribution >= 4 is 5.82 Å². The molecule has 2 fully saturated rings. The molecule has 2 saturated heterocycles. The van der Waals surface area contributed by atoms with Gasteiger partial charge in [-0.3, -0.25) is 14.8 Å². The molecule has 37 heavy (non-hydrogen) atoms. The largest absolute Gasteiger partial charge is 0.374 e. The molecule has 8 heteroatoms. The number of nitrogens with zero attached hydrogens (tertiary/aromatic N) is 5. The van der Waals surface area contributed by atoms with E-state index in [-0.39, 0.29) is 16.6 Å². The van der Waals surface area contributed by atoms with Crippen LogP contribution in [0.25, 0.3) is 0 Å². The summed E-state index contributed by atoms with van der Waals surface area (Å²) in [6.07, 6.45) is 7.08. The molecule has 1 aromatic rings. The highest BCUT2D eigenvalue weighted by Crippen LogP contribution is 2.25. The topological polar surface area (TPSA) is 66.0 Å². The molecule has 0 unspecified atom stereocenters. The molecule has 1 N–H and O–H groups in total. The number of likely N-dealkylation sites (N-methyl/N-ethyl adjacent to an activating group) is 1. The summed E-state index contributed by atoms with van der Waals surface area (Å²) in [5, 5.41) is 3.38. The predicted octanol–water partition coefficient (Wildman–Crippen LogP) is 3.56. The monoisotopic (exact) mass is 518 g/mol. The third kappa shape index (κ3) is 10.1. The first-order valence-electron chi connectivity index (χ1n) is 14.3. The Kier molecular flexibility index (Phi) is 10.7. The van der Waals surface area contributed by atoms with Crippen molar-refractivity contribution in [2.24, 2.45) is 0 Å². The smallest absolute Gasteiger partial charge is 0.147 e. The standard InChI is InChI=1S/C29H54N6O2/c1-27(2,3)25-21-32-26(22-31-25)35-15-13-33(14-16-35)17-19-36-28(4,5)10-11-29(6,7)37-20-18-34-12-9-24(23-34)30-8/h21-22,24,30H,9-20,23H2,1-8H3/t24-/m0/s1. The quantitative estimate of drug-likeness (QED) is 0.425. The van der Waals surface area contributed by atoms with Crippen LogP contribution in [0.2, 0.25) is 0 Å². The summed E-state index contributed by atoms with van der Waals surface area (Å²) < 4.78 is 12.6. The van der Waals surface area contributed by atoms with E-state index in [0.29, 0.717) is 6.04 Å². The minimum absolute atomic E-state index is 0.0325. The van der Waals surface area contributed by atoms with Crippen molar-refractivity contribution in [1.29, 1.82) is 0 Å². The van der Waals surface area contributed by atoms with E-state index in [9.17, 15) is 0 Å². The number of hydrogen-bond acceptors (Lipinski definition) is 8. The van der Waals surface area contributed by atoms with Gasteiger partial charge in [0.1, 0.15) is 5.82 Å². The van der Waals surface area contributed by atoms with Crippen LogP contribution in [-0.4, -0.2) is 110 Å². The van der Waals surface area contributed by atoms with Gasteiger partial charge in [0, 0.05) is 57.3 Å². The fourth-order valence-electron chi connectivity index (χ4n) is 4.99. The van der Waals surface area contributed by atoms with Gasteiger partial charge in [0.05, 0.1) is 42.5 Å². The Morgan fingerprint density at radius 1 is 0.811 bits per heavy atom. The molecule has 0 amide bonds. The molecule has 0 aromatic carbocycles. The van der Waals surface area contributed by atoms with Crippen LogP contribution in [0.3, 0.4) is 0 Å². The third-order valence-corrected chi connectivity index (χ3v) is 7.91. The van der Waals surface area contributed by atoms with Crippen molar-refractivity contribution in [2.75, 3.05) is 77.5 Å². The first-order chi connectivity index (χ1) is 17.4. The zero-order valence-electron chi connectivity index (χ0n) is 25.0. The number of likely N-dealkylation sites (tertiary alicyclic amines) is 1. The maximum atomic E-state index is 6.35. The highest BCUT2D eigenvalue weighted by Gasteiger charge is 2.27. The van der Waals surface area contributed by atoms with Crippen LogP contribution >= 0.6 is 0 Å². The molecule has 1 atom stereocenters. The van der Waals surface area contributed by atoms with Gasteiger partial charge in [0.15, 0.2) is 0 Å². The molecule has 212 valence electrons. The molecule has 1 aromatic heterocycles. The van der Waals surface area contributed by atoms with Crippen LogP contribution in [0.5, 0.6) is 0 Å². The van der Waals surface area contributed by atoms with Crippen LogP contribution in [0.15, 0.2) is 12.4 Å². The van der Waals surface area contributed by atoms with Crippen molar-refractivity contribution in [3.63, 3.8) is 0 Å². The fraction of sp³-hybridized carbons (Fsp3) is 0.862. The predicted molar refractivity (Wildman–Crippen MR) is 153 cm³/mol. The summed E-state index contributed by atoms with van der Waals surface area (Å²) in [7, 11) is 2.06. The maximum absolute atomic E-state index is 6.35. The fourth-order valence-corrected chi connectivity index (χ4v) is 4.99. The highest BCUT2D eigenvalue weighted by atomic mass is 16.5. The van der Waals surface area contributed by atoms with E-state index >= 15 is 0 Å². The lowest BCUT2D eigenvalue weighted by Gasteiger charge is -2.36. The molecule has 0 aliphatic carbocycles. The average Bonchev–Trinajstić information content (AvgIpc) is 3.31. The summed E-state index contributed by atoms with van der Waals surface area (Å²) in [6, 6.07) is 0.634. The van der Waals surface area contributed by atoms with E-state index in [0.717, 1.165) is 83.4 Å². The first-order valence-corrected chi connectivity index (χ1v) is 14.3. The molecule has 0 bridgehead atoms. The molecule has 0 radical (unpaired) electrons. The number of rotatable bonds is 13. The second-order valence-electron chi connectivity index (χ2n) is 13.1. The zero-order valence-corrected chi connectivity index (χ0v) is 25.0. The van der Waals surface area contributed by atoms with Gasteiger partial charge in [-0.2, -0.15) is 0 Å². The van der Waals surface area contributed by atoms with E-state index in [4.69, 9.17) is 9.47 Å². The minimum atomic E-state index is -0.151. The summed E-state index contributed by atoms with van der Waals surface area (Å²) in [5.74, 6) is 0.984. The Morgan fingerprint density at radius 2 is 1.41 bits per heavy atom. The van der Waals surface area contributed by atoms with Gasteiger partial charge >= 0.3 is 0 Å². The molecule has 0 spiro atoms. The van der Waals surface area contributed by atoms with Crippen LogP contribution in [-0.2, 0) is 14.9 Å². The lowest BCUT2D eigenvalue weighted by atomic mass is 9.93. The Balaban J connectivity index is 1.30. The summed E-state index contributed by atoms with van der Waals surface area (Å²) in [6.45, 7) is 25.2. The maximum Gasteiger partial charge on any atom is 0.147 e. The third-order valence-electron chi connectivity index (χ3n) is 7.91. The van der Waals surface area contributed by atoms with Crippen molar-refractivity contribution in [3.8, 4) is 0 Å².